The van der Waals surface area contributed by atoms with Gasteiger partial charge in [0.05, 0.1) is 26.2 Å². The highest BCUT2D eigenvalue weighted by atomic mass is 16.7. The van der Waals surface area contributed by atoms with Gasteiger partial charge in [-0.3, -0.25) is 14.4 Å². The predicted molar refractivity (Wildman–Crippen MR) is 135 cm³/mol. The van der Waals surface area contributed by atoms with Gasteiger partial charge in [0.25, 0.3) is 5.91 Å². The van der Waals surface area contributed by atoms with Crippen LogP contribution in [0.15, 0.2) is 12.3 Å². The lowest BCUT2D eigenvalue weighted by atomic mass is 10.1. The van der Waals surface area contributed by atoms with Gasteiger partial charge in [0.15, 0.2) is 29.3 Å². The van der Waals surface area contributed by atoms with Crippen molar-refractivity contribution in [3.63, 3.8) is 0 Å². The number of carbonyl (C=O) groups excluding carboxylic acids is 4. The fourth-order valence-electron chi connectivity index (χ4n) is 3.45. The molecular weight excluding hydrogens is 516 g/mol. The zero-order chi connectivity index (χ0) is 28.9. The first-order chi connectivity index (χ1) is 18.6. The molecule has 13 nitrogen and oxygen atoms in total. The maximum atomic E-state index is 13.2. The number of aromatic nitrogens is 1. The van der Waals surface area contributed by atoms with Gasteiger partial charge in [0.1, 0.15) is 12.2 Å². The van der Waals surface area contributed by atoms with Crippen molar-refractivity contribution in [2.45, 2.75) is 71.8 Å². The van der Waals surface area contributed by atoms with Crippen LogP contribution in [0.1, 0.15) is 57.9 Å². The molecule has 2 rings (SSSR count). The van der Waals surface area contributed by atoms with Crippen LogP contribution < -0.4 is 14.8 Å². The number of hydrogen-bond donors (Lipinski definition) is 1. The minimum absolute atomic E-state index is 0.0126. The first kappa shape index (κ1) is 31.8. The number of carbonyl (C=O) groups is 4. The summed E-state index contributed by atoms with van der Waals surface area (Å²) in [7, 11) is 1.36. The number of cyclic esters (lactones) is 1. The fourth-order valence-corrected chi connectivity index (χ4v) is 3.45. The van der Waals surface area contributed by atoms with Crippen LogP contribution in [0.4, 0.5) is 0 Å². The molecule has 13 heteroatoms. The van der Waals surface area contributed by atoms with Gasteiger partial charge in [-0.2, -0.15) is 0 Å². The van der Waals surface area contributed by atoms with Crippen LogP contribution in [-0.2, 0) is 38.1 Å². The summed E-state index contributed by atoms with van der Waals surface area (Å²) in [5.41, 5.74) is -0.216. The van der Waals surface area contributed by atoms with Crippen LogP contribution >= 0.6 is 0 Å². The van der Waals surface area contributed by atoms with Crippen LogP contribution in [0.2, 0.25) is 0 Å². The minimum Gasteiger partial charge on any atom is -0.493 e. The first-order valence-electron chi connectivity index (χ1n) is 12.8. The highest BCUT2D eigenvalue weighted by Gasteiger charge is 2.38. The number of amides is 1. The smallest absolute Gasteiger partial charge is 0.331 e. The summed E-state index contributed by atoms with van der Waals surface area (Å²) in [6.45, 7) is 7.85. The molecule has 1 N–H and O–H groups in total. The number of pyridine rings is 1. The number of nitrogens with one attached hydrogen (secondary N) is 1. The van der Waals surface area contributed by atoms with Crippen LogP contribution in [0.3, 0.4) is 0 Å². The Morgan fingerprint density at radius 1 is 1.23 bits per heavy atom. The summed E-state index contributed by atoms with van der Waals surface area (Å²) in [4.78, 5) is 53.7. The van der Waals surface area contributed by atoms with Gasteiger partial charge in [-0.25, -0.2) is 9.78 Å². The lowest BCUT2D eigenvalue weighted by Gasteiger charge is -2.30. The number of nitrogens with zero attached hydrogens (tertiary/aromatic N) is 1. The molecule has 1 saturated heterocycles. The lowest BCUT2D eigenvalue weighted by Crippen LogP contribution is -2.47. The average Bonchev–Trinajstić information content (AvgIpc) is 2.93. The van der Waals surface area contributed by atoms with Gasteiger partial charge < -0.3 is 38.5 Å². The molecule has 1 fully saturated rings. The standard InChI is InChI=1S/C26H38N2O11/c1-7-8-11-35-20-13-34-12-18(26(32)38-16(4)22(20)39-25(31)15(2)3)28-24(30)21-23(37-14-36-17(5)29)19(33-6)9-10-27-21/h9-10,15-16,18,20,22H,7-8,11-14H2,1-6H3,(H,28,30)/t16-,18-,20-,22-/m0/s1. The number of ether oxygens (including phenoxy) is 7. The van der Waals surface area contributed by atoms with Gasteiger partial charge in [-0.15, -0.1) is 0 Å². The van der Waals surface area contributed by atoms with E-state index in [1.165, 1.54) is 26.3 Å². The SMILES string of the molecule is CCCCO[C@H]1COC[C@H](NC(=O)c2nccc(OC)c2OCOC(C)=O)C(=O)O[C@@H](C)[C@@H]1OC(=O)C(C)C. The van der Waals surface area contributed by atoms with Crippen molar-refractivity contribution in [3.05, 3.63) is 18.0 Å². The van der Waals surface area contributed by atoms with E-state index in [1.54, 1.807) is 20.8 Å². The predicted octanol–water partition coefficient (Wildman–Crippen LogP) is 1.80. The van der Waals surface area contributed by atoms with Crippen molar-refractivity contribution < 1.29 is 52.3 Å². The summed E-state index contributed by atoms with van der Waals surface area (Å²) >= 11 is 0. The summed E-state index contributed by atoms with van der Waals surface area (Å²) in [6.07, 6.45) is 0.482. The van der Waals surface area contributed by atoms with E-state index in [0.717, 1.165) is 12.8 Å². The molecule has 1 aromatic rings. The summed E-state index contributed by atoms with van der Waals surface area (Å²) in [6, 6.07) is 0.223. The van der Waals surface area contributed by atoms with Crippen LogP contribution in [0.5, 0.6) is 11.5 Å². The summed E-state index contributed by atoms with van der Waals surface area (Å²) < 4.78 is 38.3. The zero-order valence-corrected chi connectivity index (χ0v) is 23.2. The van der Waals surface area contributed by atoms with Crippen molar-refractivity contribution in [1.82, 2.24) is 10.3 Å². The third-order valence-electron chi connectivity index (χ3n) is 5.61. The van der Waals surface area contributed by atoms with Gasteiger partial charge in [0, 0.05) is 25.8 Å². The maximum Gasteiger partial charge on any atom is 0.331 e. The van der Waals surface area contributed by atoms with Gasteiger partial charge >= 0.3 is 17.9 Å². The molecule has 0 saturated carbocycles. The van der Waals surface area contributed by atoms with E-state index in [9.17, 15) is 19.2 Å². The monoisotopic (exact) mass is 554 g/mol. The lowest BCUT2D eigenvalue weighted by molar-refractivity contribution is -0.183. The molecule has 0 bridgehead atoms. The van der Waals surface area contributed by atoms with Crippen molar-refractivity contribution in [1.29, 1.82) is 0 Å². The van der Waals surface area contributed by atoms with Crippen molar-refractivity contribution in [2.75, 3.05) is 33.7 Å². The Morgan fingerprint density at radius 3 is 2.62 bits per heavy atom. The summed E-state index contributed by atoms with van der Waals surface area (Å²) in [5.74, 6) is -2.99. The normalized spacial score (nSPS) is 21.6. The second kappa shape index (κ2) is 15.8. The van der Waals surface area contributed by atoms with E-state index < -0.39 is 60.9 Å². The molecule has 1 aliphatic rings. The van der Waals surface area contributed by atoms with Crippen LogP contribution in [0.25, 0.3) is 0 Å². The number of unbranched alkanes of at least 4 members (excludes halogenated alkanes) is 1. The topological polar surface area (TPSA) is 158 Å². The first-order valence-corrected chi connectivity index (χ1v) is 12.8. The van der Waals surface area contributed by atoms with E-state index in [1.807, 2.05) is 6.92 Å². The molecule has 1 aliphatic heterocycles. The van der Waals surface area contributed by atoms with Crippen LogP contribution in [0, 0.1) is 5.92 Å². The Hall–Kier alpha value is -3.45. The Morgan fingerprint density at radius 2 is 1.97 bits per heavy atom. The quantitative estimate of drug-likeness (QED) is 0.173. The summed E-state index contributed by atoms with van der Waals surface area (Å²) in [5, 5.41) is 2.54. The van der Waals surface area contributed by atoms with Gasteiger partial charge in [-0.1, -0.05) is 27.2 Å². The molecule has 218 valence electrons. The Bertz CT molecular complexity index is 985. The molecule has 4 atom stereocenters. The average molecular weight is 555 g/mol. The largest absolute Gasteiger partial charge is 0.493 e. The van der Waals surface area contributed by atoms with Gasteiger partial charge in [0.2, 0.25) is 6.79 Å². The Labute approximate surface area is 227 Å². The second-order valence-electron chi connectivity index (χ2n) is 9.11. The molecule has 1 aromatic heterocycles. The van der Waals surface area contributed by atoms with Crippen molar-refractivity contribution in [2.24, 2.45) is 5.92 Å². The third kappa shape index (κ3) is 9.66. The van der Waals surface area contributed by atoms with E-state index in [4.69, 9.17) is 33.2 Å². The van der Waals surface area contributed by atoms with E-state index in [-0.39, 0.29) is 30.4 Å². The Kier molecular flexibility index (Phi) is 12.9. The molecule has 0 aromatic carbocycles. The molecule has 0 spiro atoms. The maximum absolute atomic E-state index is 13.2. The second-order valence-corrected chi connectivity index (χ2v) is 9.11. The fraction of sp³-hybridized carbons (Fsp3) is 0.654. The van der Waals surface area contributed by atoms with Crippen molar-refractivity contribution >= 4 is 23.8 Å². The molecule has 0 aliphatic carbocycles. The number of esters is 3. The Balaban J connectivity index is 2.23. The van der Waals surface area contributed by atoms with E-state index in [2.05, 4.69) is 10.3 Å². The number of hydrogen-bond acceptors (Lipinski definition) is 12. The highest BCUT2D eigenvalue weighted by molar-refractivity contribution is 5.98. The van der Waals surface area contributed by atoms with Crippen LogP contribution in [-0.4, -0.2) is 86.9 Å². The molecule has 39 heavy (non-hydrogen) atoms. The van der Waals surface area contributed by atoms with E-state index in [0.29, 0.717) is 6.61 Å². The molecule has 2 heterocycles. The molecule has 0 unspecified atom stereocenters. The molecule has 1 amide bonds. The molecular formula is C26H38N2O11. The van der Waals surface area contributed by atoms with Gasteiger partial charge in [-0.05, 0) is 13.3 Å². The van der Waals surface area contributed by atoms with Crippen molar-refractivity contribution in [3.8, 4) is 11.5 Å². The highest BCUT2D eigenvalue weighted by Crippen LogP contribution is 2.29. The van der Waals surface area contributed by atoms with E-state index >= 15 is 0 Å². The molecule has 0 radical (unpaired) electrons. The third-order valence-corrected chi connectivity index (χ3v) is 5.61. The minimum atomic E-state index is -1.23. The number of rotatable bonds is 12. The number of methoxy groups -OCH3 is 1. The zero-order valence-electron chi connectivity index (χ0n) is 23.2.